The summed E-state index contributed by atoms with van der Waals surface area (Å²) in [7, 11) is 1.45. The van der Waals surface area contributed by atoms with Gasteiger partial charge in [0.2, 0.25) is 5.88 Å². The van der Waals surface area contributed by atoms with E-state index in [2.05, 4.69) is 17.2 Å². The van der Waals surface area contributed by atoms with Gasteiger partial charge >= 0.3 is 0 Å². The molecule has 0 spiro atoms. The molecule has 0 radical (unpaired) electrons. The quantitative estimate of drug-likeness (QED) is 0.875. The van der Waals surface area contributed by atoms with Crippen LogP contribution in [-0.2, 0) is 5.54 Å². The third-order valence-corrected chi connectivity index (χ3v) is 3.49. The molecule has 1 aromatic heterocycles. The van der Waals surface area contributed by atoms with E-state index < -0.39 is 0 Å². The lowest BCUT2D eigenvalue weighted by atomic mass is 9.84. The largest absolute Gasteiger partial charge is 0.479 e. The van der Waals surface area contributed by atoms with Gasteiger partial charge in [0.1, 0.15) is 0 Å². The van der Waals surface area contributed by atoms with Crippen LogP contribution >= 0.6 is 0 Å². The van der Waals surface area contributed by atoms with Gasteiger partial charge in [-0.15, -0.1) is 0 Å². The number of aromatic nitrogens is 1. The zero-order chi connectivity index (χ0) is 12.3. The maximum absolute atomic E-state index is 14.3. The van der Waals surface area contributed by atoms with Crippen molar-refractivity contribution in [3.05, 3.63) is 23.6 Å². The number of rotatable bonds is 4. The zero-order valence-corrected chi connectivity index (χ0v) is 10.4. The number of methoxy groups -OCH3 is 1. The fourth-order valence-corrected chi connectivity index (χ4v) is 2.75. The molecule has 0 bridgehead atoms. The Hall–Kier alpha value is -1.16. The van der Waals surface area contributed by atoms with Crippen LogP contribution in [0.15, 0.2) is 12.3 Å². The molecule has 1 aromatic rings. The van der Waals surface area contributed by atoms with E-state index in [-0.39, 0.29) is 17.2 Å². The minimum absolute atomic E-state index is 0.0895. The molecule has 1 aliphatic heterocycles. The Labute approximate surface area is 101 Å². The molecule has 0 saturated carbocycles. The van der Waals surface area contributed by atoms with Crippen molar-refractivity contribution in [3.63, 3.8) is 0 Å². The lowest BCUT2D eigenvalue weighted by molar-refractivity contribution is 0.321. The number of hydrogen-bond donors (Lipinski definition) is 1. The molecule has 0 aromatic carbocycles. The highest BCUT2D eigenvalue weighted by Crippen LogP contribution is 2.38. The number of pyridine rings is 1. The average molecular weight is 238 g/mol. The summed E-state index contributed by atoms with van der Waals surface area (Å²) in [5.74, 6) is -0.232. The fraction of sp³-hybridized carbons (Fsp3) is 0.615. The molecule has 2 rings (SSSR count). The van der Waals surface area contributed by atoms with E-state index in [4.69, 9.17) is 4.74 Å². The molecular weight excluding hydrogens is 219 g/mol. The monoisotopic (exact) mass is 238 g/mol. The lowest BCUT2D eigenvalue weighted by Gasteiger charge is -2.30. The first-order valence-electron chi connectivity index (χ1n) is 6.17. The molecule has 94 valence electrons. The second-order valence-corrected chi connectivity index (χ2v) is 4.54. The highest BCUT2D eigenvalue weighted by atomic mass is 19.1. The minimum atomic E-state index is -0.321. The van der Waals surface area contributed by atoms with E-state index in [9.17, 15) is 4.39 Å². The van der Waals surface area contributed by atoms with E-state index in [0.717, 1.165) is 32.2 Å². The van der Waals surface area contributed by atoms with Crippen molar-refractivity contribution in [1.29, 1.82) is 0 Å². The van der Waals surface area contributed by atoms with Gasteiger partial charge in [0.15, 0.2) is 5.82 Å². The third kappa shape index (κ3) is 2.14. The highest BCUT2D eigenvalue weighted by Gasteiger charge is 2.37. The summed E-state index contributed by atoms with van der Waals surface area (Å²) in [6.07, 6.45) is 5.65. The summed E-state index contributed by atoms with van der Waals surface area (Å²) in [4.78, 5) is 3.90. The van der Waals surface area contributed by atoms with Crippen molar-refractivity contribution < 1.29 is 9.13 Å². The summed E-state index contributed by atoms with van der Waals surface area (Å²) in [5.41, 5.74) is 0.471. The second kappa shape index (κ2) is 5.00. The predicted molar refractivity (Wildman–Crippen MR) is 64.6 cm³/mol. The van der Waals surface area contributed by atoms with Crippen LogP contribution in [0, 0.1) is 5.82 Å². The first-order chi connectivity index (χ1) is 8.23. The summed E-state index contributed by atoms with van der Waals surface area (Å²) in [6, 6.07) is 1.77. The first-order valence-corrected chi connectivity index (χ1v) is 6.17. The predicted octanol–water partition coefficient (Wildman–Crippen LogP) is 2.61. The van der Waals surface area contributed by atoms with Gasteiger partial charge in [-0.05, 0) is 31.9 Å². The number of hydrogen-bond acceptors (Lipinski definition) is 3. The standard InChI is InChI=1S/C13H19FN2O/c1-3-6-13(7-4-8-16-13)10-5-9-15-12(17-2)11(10)14/h5,9,16H,3-4,6-8H2,1-2H3. The van der Waals surface area contributed by atoms with Crippen molar-refractivity contribution in [1.82, 2.24) is 10.3 Å². The Kier molecular flexibility index (Phi) is 3.62. The van der Waals surface area contributed by atoms with Crippen LogP contribution in [0.5, 0.6) is 5.88 Å². The summed E-state index contributed by atoms with van der Waals surface area (Å²) >= 11 is 0. The smallest absolute Gasteiger partial charge is 0.250 e. The van der Waals surface area contributed by atoms with Crippen LogP contribution in [0.3, 0.4) is 0 Å². The number of nitrogens with zero attached hydrogens (tertiary/aromatic N) is 1. The molecule has 1 atom stereocenters. The van der Waals surface area contributed by atoms with Crippen LogP contribution in [0.4, 0.5) is 4.39 Å². The molecule has 1 unspecified atom stereocenters. The van der Waals surface area contributed by atoms with Crippen LogP contribution in [0.2, 0.25) is 0 Å². The Morgan fingerprint density at radius 3 is 3.00 bits per heavy atom. The molecule has 1 fully saturated rings. The van der Waals surface area contributed by atoms with Crippen molar-refractivity contribution in [3.8, 4) is 5.88 Å². The van der Waals surface area contributed by atoms with Gasteiger partial charge in [-0.2, -0.15) is 0 Å². The molecule has 0 aliphatic carbocycles. The maximum Gasteiger partial charge on any atom is 0.250 e. The number of ether oxygens (including phenoxy) is 1. The Morgan fingerprint density at radius 2 is 2.41 bits per heavy atom. The van der Waals surface area contributed by atoms with Gasteiger partial charge in [0.25, 0.3) is 0 Å². The van der Waals surface area contributed by atoms with Crippen molar-refractivity contribution in [2.75, 3.05) is 13.7 Å². The average Bonchev–Trinajstić information content (AvgIpc) is 2.79. The van der Waals surface area contributed by atoms with Gasteiger partial charge in [-0.1, -0.05) is 13.3 Å². The van der Waals surface area contributed by atoms with Gasteiger partial charge in [-0.3, -0.25) is 0 Å². The third-order valence-electron chi connectivity index (χ3n) is 3.49. The van der Waals surface area contributed by atoms with Crippen LogP contribution in [0.25, 0.3) is 0 Å². The van der Waals surface area contributed by atoms with Crippen LogP contribution < -0.4 is 10.1 Å². The van der Waals surface area contributed by atoms with Gasteiger partial charge < -0.3 is 10.1 Å². The van der Waals surface area contributed by atoms with Crippen molar-refractivity contribution in [2.45, 2.75) is 38.1 Å². The SMILES string of the molecule is CCCC1(c2ccnc(OC)c2F)CCCN1. The van der Waals surface area contributed by atoms with E-state index in [1.54, 1.807) is 12.3 Å². The van der Waals surface area contributed by atoms with E-state index in [1.165, 1.54) is 7.11 Å². The molecule has 3 nitrogen and oxygen atoms in total. The summed E-state index contributed by atoms with van der Waals surface area (Å²) < 4.78 is 19.2. The van der Waals surface area contributed by atoms with Crippen molar-refractivity contribution >= 4 is 0 Å². The first kappa shape index (κ1) is 12.3. The van der Waals surface area contributed by atoms with Crippen LogP contribution in [-0.4, -0.2) is 18.6 Å². The van der Waals surface area contributed by atoms with Gasteiger partial charge in [0.05, 0.1) is 7.11 Å². The van der Waals surface area contributed by atoms with Gasteiger partial charge in [0, 0.05) is 17.3 Å². The number of halogens is 1. The minimum Gasteiger partial charge on any atom is -0.479 e. The zero-order valence-electron chi connectivity index (χ0n) is 10.4. The topological polar surface area (TPSA) is 34.1 Å². The molecule has 2 heterocycles. The fourth-order valence-electron chi connectivity index (χ4n) is 2.75. The lowest BCUT2D eigenvalue weighted by Crippen LogP contribution is -2.37. The highest BCUT2D eigenvalue weighted by molar-refractivity contribution is 5.31. The Bertz CT molecular complexity index is 389. The normalized spacial score (nSPS) is 23.9. The molecule has 1 saturated heterocycles. The molecule has 0 amide bonds. The van der Waals surface area contributed by atoms with E-state index in [0.29, 0.717) is 5.56 Å². The van der Waals surface area contributed by atoms with Crippen molar-refractivity contribution in [2.24, 2.45) is 0 Å². The van der Waals surface area contributed by atoms with E-state index >= 15 is 0 Å². The molecule has 4 heteroatoms. The summed E-state index contributed by atoms with van der Waals surface area (Å²) in [6.45, 7) is 3.07. The summed E-state index contributed by atoms with van der Waals surface area (Å²) in [5, 5.41) is 3.46. The Morgan fingerprint density at radius 1 is 1.59 bits per heavy atom. The number of nitrogens with one attached hydrogen (secondary N) is 1. The second-order valence-electron chi connectivity index (χ2n) is 4.54. The molecule has 1 aliphatic rings. The van der Waals surface area contributed by atoms with E-state index in [1.807, 2.05) is 0 Å². The van der Waals surface area contributed by atoms with Gasteiger partial charge in [-0.25, -0.2) is 9.37 Å². The Balaban J connectivity index is 2.42. The molecule has 17 heavy (non-hydrogen) atoms. The molecular formula is C13H19FN2O. The maximum atomic E-state index is 14.3. The molecule has 1 N–H and O–H groups in total. The van der Waals surface area contributed by atoms with Crippen LogP contribution in [0.1, 0.15) is 38.2 Å².